The van der Waals surface area contributed by atoms with Gasteiger partial charge in [-0.05, 0) is 41.5 Å². The molecule has 1 aromatic carbocycles. The van der Waals surface area contributed by atoms with Crippen molar-refractivity contribution in [3.63, 3.8) is 0 Å². The fourth-order valence-corrected chi connectivity index (χ4v) is 4.09. The predicted octanol–water partition coefficient (Wildman–Crippen LogP) is 5.60. The van der Waals surface area contributed by atoms with Gasteiger partial charge in [-0.15, -0.1) is 0 Å². The van der Waals surface area contributed by atoms with E-state index in [0.717, 1.165) is 28.5 Å². The molecule has 2 atom stereocenters. The molecule has 2 unspecified atom stereocenters. The van der Waals surface area contributed by atoms with Crippen LogP contribution in [0.15, 0.2) is 88.5 Å². The minimum absolute atomic E-state index is 0.267. The zero-order valence-electron chi connectivity index (χ0n) is 13.3. The van der Waals surface area contributed by atoms with Gasteiger partial charge in [-0.3, -0.25) is 0 Å². The van der Waals surface area contributed by atoms with Gasteiger partial charge in [0.2, 0.25) is 0 Å². The average molecular weight is 369 g/mol. The Bertz CT molecular complexity index is 751. The molecule has 1 nitrogen and oxygen atoms in total. The van der Waals surface area contributed by atoms with Crippen LogP contribution < -0.4 is 0 Å². The summed E-state index contributed by atoms with van der Waals surface area (Å²) < 4.78 is 0.901. The molecule has 0 heterocycles. The Morgan fingerprint density at radius 2 is 1.96 bits per heavy atom. The Morgan fingerprint density at radius 3 is 2.74 bits per heavy atom. The molecule has 0 fully saturated rings. The number of aliphatic hydroxyl groups is 1. The second-order valence-corrected chi connectivity index (χ2v) is 7.04. The lowest BCUT2D eigenvalue weighted by Gasteiger charge is -2.38. The van der Waals surface area contributed by atoms with Gasteiger partial charge in [0.15, 0.2) is 0 Å². The van der Waals surface area contributed by atoms with Crippen molar-refractivity contribution in [3.8, 4) is 0 Å². The van der Waals surface area contributed by atoms with E-state index in [2.05, 4.69) is 47.7 Å². The highest BCUT2D eigenvalue weighted by Gasteiger charge is 2.41. The maximum Gasteiger partial charge on any atom is 0.137 e. The summed E-state index contributed by atoms with van der Waals surface area (Å²) in [6.07, 6.45) is 14.1. The predicted molar refractivity (Wildman–Crippen MR) is 100 cm³/mol. The standard InChI is InChI=1S/C21H21BrO/c1-15-9-8-12-17-11-5-3-4-10-16(2)21(23,20(15)17)18-13-6-7-14-19(18)22/h3-8,10,12-15,23H,2,9,11H2,1H3/b5-3-,10-4-. The summed E-state index contributed by atoms with van der Waals surface area (Å²) in [6, 6.07) is 7.87. The van der Waals surface area contributed by atoms with Crippen LogP contribution in [-0.2, 0) is 5.60 Å². The van der Waals surface area contributed by atoms with Gasteiger partial charge in [-0.25, -0.2) is 0 Å². The van der Waals surface area contributed by atoms with Crippen LogP contribution in [-0.4, -0.2) is 5.11 Å². The second-order valence-electron chi connectivity index (χ2n) is 6.18. The van der Waals surface area contributed by atoms with Crippen molar-refractivity contribution in [2.24, 2.45) is 5.92 Å². The molecule has 2 aliphatic carbocycles. The maximum absolute atomic E-state index is 11.9. The first kappa shape index (κ1) is 16.2. The Kier molecular flexibility index (Phi) is 4.56. The molecule has 0 aromatic heterocycles. The lowest BCUT2D eigenvalue weighted by molar-refractivity contribution is 0.107. The van der Waals surface area contributed by atoms with Crippen LogP contribution in [0.4, 0.5) is 0 Å². The molecule has 0 aliphatic heterocycles. The normalized spacial score (nSPS) is 30.2. The molecule has 0 bridgehead atoms. The van der Waals surface area contributed by atoms with Gasteiger partial charge in [0, 0.05) is 10.0 Å². The molecule has 0 saturated carbocycles. The minimum Gasteiger partial charge on any atom is -0.376 e. The monoisotopic (exact) mass is 368 g/mol. The summed E-state index contributed by atoms with van der Waals surface area (Å²) in [6.45, 7) is 6.38. The second kappa shape index (κ2) is 6.46. The van der Waals surface area contributed by atoms with Gasteiger partial charge in [0.05, 0.1) is 0 Å². The Hall–Kier alpha value is -1.64. The highest BCUT2D eigenvalue weighted by molar-refractivity contribution is 9.10. The van der Waals surface area contributed by atoms with Gasteiger partial charge in [-0.1, -0.05) is 84.1 Å². The molecular weight excluding hydrogens is 348 g/mol. The zero-order chi connectivity index (χ0) is 16.4. The summed E-state index contributed by atoms with van der Waals surface area (Å²) in [4.78, 5) is 0. The third kappa shape index (κ3) is 2.82. The fraction of sp³-hybridized carbons (Fsp3) is 0.238. The van der Waals surface area contributed by atoms with E-state index in [-0.39, 0.29) is 5.92 Å². The van der Waals surface area contributed by atoms with Crippen LogP contribution in [0.2, 0.25) is 0 Å². The first-order chi connectivity index (χ1) is 11.0. The first-order valence-electron chi connectivity index (χ1n) is 7.95. The van der Waals surface area contributed by atoms with Crippen molar-refractivity contribution in [2.75, 3.05) is 0 Å². The topological polar surface area (TPSA) is 20.2 Å². The molecule has 0 saturated heterocycles. The van der Waals surface area contributed by atoms with E-state index in [1.165, 1.54) is 5.57 Å². The Labute approximate surface area is 146 Å². The molecule has 2 aliphatic rings. The SMILES string of the molecule is C=C1/C=C\C=C/CC2=C(C(C)CC=C2)C1(O)c1ccccc1Br. The summed E-state index contributed by atoms with van der Waals surface area (Å²) in [5, 5.41) is 11.9. The van der Waals surface area contributed by atoms with Crippen molar-refractivity contribution in [2.45, 2.75) is 25.4 Å². The van der Waals surface area contributed by atoms with Crippen molar-refractivity contribution in [1.82, 2.24) is 0 Å². The van der Waals surface area contributed by atoms with Crippen LogP contribution in [0, 0.1) is 5.92 Å². The van der Waals surface area contributed by atoms with Crippen molar-refractivity contribution < 1.29 is 5.11 Å². The molecule has 0 amide bonds. The molecule has 23 heavy (non-hydrogen) atoms. The lowest BCUT2D eigenvalue weighted by atomic mass is 9.70. The average Bonchev–Trinajstić information content (AvgIpc) is 2.59. The number of benzene rings is 1. The van der Waals surface area contributed by atoms with E-state index >= 15 is 0 Å². The van der Waals surface area contributed by atoms with E-state index in [9.17, 15) is 5.11 Å². The number of halogens is 1. The van der Waals surface area contributed by atoms with Crippen molar-refractivity contribution >= 4 is 15.9 Å². The van der Waals surface area contributed by atoms with Crippen molar-refractivity contribution in [3.05, 3.63) is 94.1 Å². The summed E-state index contributed by atoms with van der Waals surface area (Å²) in [7, 11) is 0. The largest absolute Gasteiger partial charge is 0.376 e. The molecule has 0 spiro atoms. The minimum atomic E-state index is -1.19. The Morgan fingerprint density at radius 1 is 1.17 bits per heavy atom. The molecule has 1 aromatic rings. The van der Waals surface area contributed by atoms with E-state index in [1.54, 1.807) is 0 Å². The van der Waals surface area contributed by atoms with Gasteiger partial charge < -0.3 is 5.11 Å². The molecule has 0 radical (unpaired) electrons. The number of rotatable bonds is 1. The van der Waals surface area contributed by atoms with Gasteiger partial charge in [0.1, 0.15) is 5.60 Å². The summed E-state index contributed by atoms with van der Waals surface area (Å²) in [5.41, 5.74) is 2.61. The van der Waals surface area contributed by atoms with Crippen LogP contribution in [0.1, 0.15) is 25.3 Å². The smallest absolute Gasteiger partial charge is 0.137 e. The Balaban J connectivity index is 2.31. The van der Waals surface area contributed by atoms with Gasteiger partial charge >= 0.3 is 0 Å². The van der Waals surface area contributed by atoms with Gasteiger partial charge in [0.25, 0.3) is 0 Å². The highest BCUT2D eigenvalue weighted by atomic mass is 79.9. The summed E-state index contributed by atoms with van der Waals surface area (Å²) >= 11 is 3.61. The third-order valence-electron chi connectivity index (χ3n) is 4.65. The molecule has 2 heteroatoms. The summed E-state index contributed by atoms with van der Waals surface area (Å²) in [5.74, 6) is 0.267. The lowest BCUT2D eigenvalue weighted by Crippen LogP contribution is -2.35. The first-order valence-corrected chi connectivity index (χ1v) is 8.74. The molecule has 1 N–H and O–H groups in total. The molecule has 3 rings (SSSR count). The third-order valence-corrected chi connectivity index (χ3v) is 5.34. The van der Waals surface area contributed by atoms with Crippen molar-refractivity contribution in [1.29, 1.82) is 0 Å². The van der Waals surface area contributed by atoms with E-state index in [1.807, 2.05) is 42.5 Å². The van der Waals surface area contributed by atoms with Gasteiger partial charge in [-0.2, -0.15) is 0 Å². The number of hydrogen-bond acceptors (Lipinski definition) is 1. The molecule has 118 valence electrons. The maximum atomic E-state index is 11.9. The molecular formula is C21H21BrO. The van der Waals surface area contributed by atoms with Crippen LogP contribution in [0.25, 0.3) is 0 Å². The van der Waals surface area contributed by atoms with Crippen LogP contribution >= 0.6 is 15.9 Å². The fourth-order valence-electron chi connectivity index (χ4n) is 3.52. The van der Waals surface area contributed by atoms with E-state index in [4.69, 9.17) is 0 Å². The number of allylic oxidation sites excluding steroid dienone is 6. The van der Waals surface area contributed by atoms with E-state index < -0.39 is 5.60 Å². The number of hydrogen-bond donors (Lipinski definition) is 1. The zero-order valence-corrected chi connectivity index (χ0v) is 14.9. The van der Waals surface area contributed by atoms with Crippen LogP contribution in [0.5, 0.6) is 0 Å². The van der Waals surface area contributed by atoms with E-state index in [0.29, 0.717) is 5.57 Å². The highest BCUT2D eigenvalue weighted by Crippen LogP contribution is 2.47. The quantitative estimate of drug-likeness (QED) is 0.683. The van der Waals surface area contributed by atoms with Crippen LogP contribution in [0.3, 0.4) is 0 Å².